The zero-order chi connectivity index (χ0) is 78.9. The molecule has 0 rings (SSSR count). The Morgan fingerprint density at radius 2 is 0.509 bits per heavy atom. The van der Waals surface area contributed by atoms with Crippen LogP contribution in [0.4, 0.5) is 0 Å². The summed E-state index contributed by atoms with van der Waals surface area (Å²) in [7, 11) is -10.0. The molecule has 5 atom stereocenters. The second-order valence-corrected chi connectivity index (χ2v) is 29.9. The van der Waals surface area contributed by atoms with E-state index < -0.39 is 97.5 Å². The average Bonchev–Trinajstić information content (AvgIpc) is 0.892. The molecule has 0 saturated heterocycles. The van der Waals surface area contributed by atoms with Crippen molar-refractivity contribution in [3.63, 3.8) is 0 Å². The van der Waals surface area contributed by atoms with E-state index in [0.717, 1.165) is 128 Å². The lowest BCUT2D eigenvalue weighted by Crippen LogP contribution is -2.30. The van der Waals surface area contributed by atoms with Crippen LogP contribution >= 0.6 is 15.6 Å². The predicted molar refractivity (Wildman–Crippen MR) is 445 cm³/mol. The molecule has 0 radical (unpaired) electrons. The van der Waals surface area contributed by atoms with Gasteiger partial charge in [-0.25, -0.2) is 9.13 Å². The number of carbonyl (C=O) groups is 4. The number of rotatable bonds is 76. The summed E-state index contributed by atoms with van der Waals surface area (Å²) in [4.78, 5) is 73.1. The number of ether oxygens (including phenoxy) is 4. The van der Waals surface area contributed by atoms with Gasteiger partial charge >= 0.3 is 39.5 Å². The number of aliphatic hydroxyl groups is 1. The number of hydrogen-bond donors (Lipinski definition) is 3. The van der Waals surface area contributed by atoms with Gasteiger partial charge in [0.1, 0.15) is 19.3 Å². The maximum absolute atomic E-state index is 13.1. The van der Waals surface area contributed by atoms with Gasteiger partial charge in [-0.2, -0.15) is 0 Å². The van der Waals surface area contributed by atoms with Crippen molar-refractivity contribution in [1.29, 1.82) is 0 Å². The molecule has 0 amide bonds. The Kier molecular flexibility index (Phi) is 75.4. The molecule has 19 heteroatoms. The zero-order valence-corrected chi connectivity index (χ0v) is 69.0. The number of carbonyl (C=O) groups excluding carboxylic acids is 4. The van der Waals surface area contributed by atoms with E-state index in [9.17, 15) is 43.2 Å². The minimum absolute atomic E-state index is 0.0432. The molecule has 0 bridgehead atoms. The molecule has 0 aromatic carbocycles. The Balaban J connectivity index is 5.52. The number of phosphoric acid groups is 2. The molecule has 2 unspecified atom stereocenters. The minimum Gasteiger partial charge on any atom is -0.462 e. The first-order valence-electron chi connectivity index (χ1n) is 41.4. The highest BCUT2D eigenvalue weighted by molar-refractivity contribution is 7.47. The Bertz CT molecular complexity index is 2710. The highest BCUT2D eigenvalue weighted by Crippen LogP contribution is 2.45. The van der Waals surface area contributed by atoms with E-state index in [0.29, 0.717) is 38.5 Å². The minimum atomic E-state index is -5.02. The fourth-order valence-electron chi connectivity index (χ4n) is 10.4. The molecule has 108 heavy (non-hydrogen) atoms. The molecule has 0 heterocycles. The van der Waals surface area contributed by atoms with Crippen LogP contribution in [0.3, 0.4) is 0 Å². The summed E-state index contributed by atoms with van der Waals surface area (Å²) in [5.74, 6) is -2.38. The van der Waals surface area contributed by atoms with E-state index in [1.165, 1.54) is 89.9 Å². The maximum Gasteiger partial charge on any atom is 0.472 e. The van der Waals surface area contributed by atoms with Gasteiger partial charge in [-0.05, 0) is 148 Å². The van der Waals surface area contributed by atoms with Crippen LogP contribution in [0.25, 0.3) is 0 Å². The lowest BCUT2D eigenvalue weighted by atomic mass is 10.0. The summed E-state index contributed by atoms with van der Waals surface area (Å²) in [5.41, 5.74) is 0. The molecule has 0 fully saturated rings. The lowest BCUT2D eigenvalue weighted by Gasteiger charge is -2.21. The first-order chi connectivity index (χ1) is 52.7. The molecule has 17 nitrogen and oxygen atoms in total. The molecule has 0 aliphatic rings. The smallest absolute Gasteiger partial charge is 0.462 e. The van der Waals surface area contributed by atoms with Crippen LogP contribution in [-0.4, -0.2) is 96.7 Å². The molecule has 0 spiro atoms. The SMILES string of the molecule is CC/C=C\C/C=C\C/C=C\C/C=C\C/C=C\CCCCCC(=O)OC[C@H](COP(=O)(O)OC[C@@H](O)COP(=O)(O)OC[C@@H](COC(=O)CCC/C=C\C/C=C\C/C=C\C/C=C\CCCCC)OC(=O)CCCCCCCCCCCCCCC)OC(=O)CC/C=C\C/C=C\C/C=C\C/C=C\C/C=C\CCCCC. The van der Waals surface area contributed by atoms with Crippen LogP contribution in [0.15, 0.2) is 170 Å². The van der Waals surface area contributed by atoms with Crippen molar-refractivity contribution < 1.29 is 80.2 Å². The van der Waals surface area contributed by atoms with Crippen LogP contribution in [0.5, 0.6) is 0 Å². The number of unbranched alkanes of at least 4 members (excludes halogenated alkanes) is 22. The molecule has 0 aromatic rings. The van der Waals surface area contributed by atoms with E-state index in [1.54, 1.807) is 0 Å². The molecule has 3 N–H and O–H groups in total. The first-order valence-corrected chi connectivity index (χ1v) is 44.4. The fourth-order valence-corrected chi connectivity index (χ4v) is 12.0. The van der Waals surface area contributed by atoms with Crippen LogP contribution in [0.2, 0.25) is 0 Å². The molecular weight excluding hydrogens is 1400 g/mol. The summed E-state index contributed by atoms with van der Waals surface area (Å²) >= 11 is 0. The summed E-state index contributed by atoms with van der Waals surface area (Å²) in [6, 6.07) is 0. The van der Waals surface area contributed by atoms with E-state index in [2.05, 4.69) is 167 Å². The van der Waals surface area contributed by atoms with Crippen molar-refractivity contribution in [2.24, 2.45) is 0 Å². The standard InChI is InChI=1S/C89H146O17P2/c1-5-9-13-17-21-25-29-33-36-39-41-44-47-51-54-58-62-66-70-74-87(92)100-80-85(106-89(94)76-72-68-64-60-56-52-48-45-42-40-37-34-30-26-22-18-14-10-6-2)82-104-108(97,98)102-78-83(90)77-101-107(95,96)103-81-84(105-88(93)75-71-67-63-59-55-49-32-28-24-20-16-12-8-4)79-99-86(91)73-69-65-61-57-53-50-46-43-38-35-31-27-23-19-15-11-7-3/h9,13,21-23,25-27,33-38,41-42,44-46,50-52,54,56-57,61,64,68,83-85,90H,5-8,10-12,14-20,24,28-32,39-40,43,47-49,53,55,58-60,62-63,65-67,69-82H2,1-4H3,(H,95,96)(H,97,98)/b13-9-,25-21-,26-22-,27-23-,36-33-,37-34-,38-35-,44-41-,45-42-,50-46-,54-51-,56-52-,61-57-,68-64-/t83-,84+,85+/m0/s1. The summed E-state index contributed by atoms with van der Waals surface area (Å²) < 4.78 is 68.5. The molecule has 0 aliphatic heterocycles. The topological polar surface area (TPSA) is 237 Å². The van der Waals surface area contributed by atoms with E-state index in [-0.39, 0.29) is 25.7 Å². The molecule has 0 aliphatic carbocycles. The quantitative estimate of drug-likeness (QED) is 0.0169. The van der Waals surface area contributed by atoms with Crippen molar-refractivity contribution in [3.8, 4) is 0 Å². The Morgan fingerprint density at radius 1 is 0.269 bits per heavy atom. The van der Waals surface area contributed by atoms with E-state index in [1.807, 2.05) is 30.4 Å². The summed E-state index contributed by atoms with van der Waals surface area (Å²) in [5, 5.41) is 10.7. The monoisotopic (exact) mass is 1550 g/mol. The highest BCUT2D eigenvalue weighted by atomic mass is 31.2. The van der Waals surface area contributed by atoms with Crippen LogP contribution in [-0.2, 0) is 65.4 Å². The number of esters is 4. The van der Waals surface area contributed by atoms with Crippen molar-refractivity contribution in [2.45, 2.75) is 329 Å². The molecule has 614 valence electrons. The van der Waals surface area contributed by atoms with Crippen LogP contribution < -0.4 is 0 Å². The van der Waals surface area contributed by atoms with E-state index >= 15 is 0 Å². The summed E-state index contributed by atoms with van der Waals surface area (Å²) in [6.45, 7) is 4.52. The molecule has 0 aromatic heterocycles. The molecule has 0 saturated carbocycles. The number of phosphoric ester groups is 2. The number of hydrogen-bond acceptors (Lipinski definition) is 15. The summed E-state index contributed by atoms with van der Waals surface area (Å²) in [6.07, 6.45) is 94.9. The fraction of sp³-hybridized carbons (Fsp3) is 0.640. The van der Waals surface area contributed by atoms with Gasteiger partial charge in [-0.3, -0.25) is 37.3 Å². The third-order valence-electron chi connectivity index (χ3n) is 16.7. The average molecular weight is 1550 g/mol. The van der Waals surface area contributed by atoms with Gasteiger partial charge < -0.3 is 33.8 Å². The zero-order valence-electron chi connectivity index (χ0n) is 67.2. The second-order valence-electron chi connectivity index (χ2n) is 27.0. The maximum atomic E-state index is 13.1. The first kappa shape index (κ1) is 102. The molecular formula is C89H146O17P2. The van der Waals surface area contributed by atoms with Gasteiger partial charge in [0.15, 0.2) is 12.2 Å². The lowest BCUT2D eigenvalue weighted by molar-refractivity contribution is -0.161. The van der Waals surface area contributed by atoms with E-state index in [4.69, 9.17) is 37.0 Å². The van der Waals surface area contributed by atoms with Gasteiger partial charge in [0.2, 0.25) is 0 Å². The normalized spacial score (nSPS) is 14.7. The van der Waals surface area contributed by atoms with Gasteiger partial charge in [0.25, 0.3) is 0 Å². The largest absolute Gasteiger partial charge is 0.472 e. The van der Waals surface area contributed by atoms with Gasteiger partial charge in [-0.1, -0.05) is 307 Å². The Morgan fingerprint density at radius 3 is 0.852 bits per heavy atom. The van der Waals surface area contributed by atoms with Gasteiger partial charge in [0.05, 0.1) is 26.4 Å². The van der Waals surface area contributed by atoms with Crippen molar-refractivity contribution in [3.05, 3.63) is 170 Å². The van der Waals surface area contributed by atoms with Crippen molar-refractivity contribution in [2.75, 3.05) is 39.6 Å². The third-order valence-corrected chi connectivity index (χ3v) is 18.6. The van der Waals surface area contributed by atoms with Gasteiger partial charge in [0, 0.05) is 25.7 Å². The Hall–Kier alpha value is -5.58. The Labute approximate surface area is 654 Å². The van der Waals surface area contributed by atoms with Gasteiger partial charge in [-0.15, -0.1) is 0 Å². The number of allylic oxidation sites excluding steroid dienone is 28. The van der Waals surface area contributed by atoms with Crippen LogP contribution in [0, 0.1) is 0 Å². The predicted octanol–water partition coefficient (Wildman–Crippen LogP) is 24.6. The van der Waals surface area contributed by atoms with Crippen molar-refractivity contribution >= 4 is 39.5 Å². The van der Waals surface area contributed by atoms with Crippen molar-refractivity contribution in [1.82, 2.24) is 0 Å². The second kappa shape index (κ2) is 79.5. The third kappa shape index (κ3) is 78.5. The number of aliphatic hydroxyl groups excluding tert-OH is 1. The highest BCUT2D eigenvalue weighted by Gasteiger charge is 2.30. The van der Waals surface area contributed by atoms with Crippen LogP contribution in [0.1, 0.15) is 310 Å².